The summed E-state index contributed by atoms with van der Waals surface area (Å²) < 4.78 is 22.6. The lowest BCUT2D eigenvalue weighted by Crippen LogP contribution is -2.22. The fraction of sp³-hybridized carbons (Fsp3) is 0.138. The van der Waals surface area contributed by atoms with Crippen molar-refractivity contribution in [1.29, 1.82) is 0 Å². The Labute approximate surface area is 487 Å². The van der Waals surface area contributed by atoms with Crippen LogP contribution in [0.5, 0.6) is 0 Å². The lowest BCUT2D eigenvalue weighted by molar-refractivity contribution is 0.449. The van der Waals surface area contributed by atoms with E-state index in [-0.39, 0.29) is 0 Å². The minimum atomic E-state index is 0.368. The highest BCUT2D eigenvalue weighted by atomic mass is 16.4. The highest BCUT2D eigenvalue weighted by Gasteiger charge is 2.18. The van der Waals surface area contributed by atoms with Gasteiger partial charge in [0, 0.05) is 92.5 Å². The Balaban J connectivity index is 0.000000112. The van der Waals surface area contributed by atoms with E-state index in [1.807, 2.05) is 190 Å². The molecule has 6 aromatic carbocycles. The molecule has 0 amide bonds. The third-order valence-corrected chi connectivity index (χ3v) is 13.7. The van der Waals surface area contributed by atoms with Gasteiger partial charge in [0.05, 0.1) is 22.1 Å². The molecule has 1 saturated carbocycles. The summed E-state index contributed by atoms with van der Waals surface area (Å²) >= 11 is 0. The molecule has 8 aromatic heterocycles. The van der Waals surface area contributed by atoms with Crippen LogP contribution in [0.3, 0.4) is 0 Å². The van der Waals surface area contributed by atoms with Crippen molar-refractivity contribution in [2.45, 2.75) is 52.0 Å². The number of anilines is 6. The average molecular weight is 1130 g/mol. The van der Waals surface area contributed by atoms with E-state index in [1.165, 1.54) is 37.7 Å². The van der Waals surface area contributed by atoms with Crippen molar-refractivity contribution >= 4 is 79.0 Å². The quantitative estimate of drug-likeness (QED) is 0.0886. The minimum absolute atomic E-state index is 0.368. The molecule has 1 aliphatic carbocycles. The van der Waals surface area contributed by atoms with Crippen molar-refractivity contribution < 1.29 is 17.7 Å². The number of para-hydroxylation sites is 1. The number of benzene rings is 6. The van der Waals surface area contributed by atoms with Crippen LogP contribution in [0.4, 0.5) is 35.4 Å². The van der Waals surface area contributed by atoms with Gasteiger partial charge in [-0.1, -0.05) is 99.8 Å². The Hall–Kier alpha value is -11.3. The summed E-state index contributed by atoms with van der Waals surface area (Å²) in [7, 11) is 0. The summed E-state index contributed by atoms with van der Waals surface area (Å²) in [5.74, 6) is 2.01. The van der Waals surface area contributed by atoms with E-state index >= 15 is 0 Å². The van der Waals surface area contributed by atoms with Gasteiger partial charge in [-0.25, -0.2) is 0 Å². The molecule has 420 valence electrons. The maximum Gasteiger partial charge on any atom is 0.320 e. The number of pyridine rings is 4. The Bertz CT molecular complexity index is 4460. The van der Waals surface area contributed by atoms with E-state index < -0.39 is 0 Å². The van der Waals surface area contributed by atoms with Gasteiger partial charge in [-0.15, -0.1) is 20.4 Å². The zero-order valence-corrected chi connectivity index (χ0v) is 46.4. The summed E-state index contributed by atoms with van der Waals surface area (Å²) in [6.07, 6.45) is 13.4. The summed E-state index contributed by atoms with van der Waals surface area (Å²) in [5.41, 5.74) is 10.4. The molecule has 0 unspecified atom stereocenters. The van der Waals surface area contributed by atoms with E-state index in [0.29, 0.717) is 53.7 Å². The summed E-state index contributed by atoms with van der Waals surface area (Å²) in [6, 6.07) is 59.1. The molecule has 0 radical (unpaired) electrons. The number of nitrogens with zero attached hydrogens (tertiary/aromatic N) is 12. The third kappa shape index (κ3) is 13.9. The van der Waals surface area contributed by atoms with Crippen LogP contribution in [0.25, 0.3) is 89.4 Å². The Morgan fingerprint density at radius 1 is 0.376 bits per heavy atom. The lowest BCUT2D eigenvalue weighted by Gasteiger charge is -2.21. The summed E-state index contributed by atoms with van der Waals surface area (Å²) in [5, 5.41) is 49.2. The second-order valence-electron chi connectivity index (χ2n) is 19.8. The van der Waals surface area contributed by atoms with Gasteiger partial charge < -0.3 is 38.9 Å². The largest absolute Gasteiger partial charge is 0.403 e. The molecule has 1 fully saturated rings. The molecule has 0 saturated heterocycles. The van der Waals surface area contributed by atoms with Crippen LogP contribution in [0.2, 0.25) is 0 Å². The summed E-state index contributed by atoms with van der Waals surface area (Å²) in [4.78, 5) is 17.2. The molecule has 20 nitrogen and oxygen atoms in total. The zero-order chi connectivity index (χ0) is 57.6. The summed E-state index contributed by atoms with van der Waals surface area (Å²) in [6.45, 7) is 4.78. The average Bonchev–Trinajstić information content (AvgIpc) is 4.59. The normalized spacial score (nSPS) is 12.1. The number of hydrogen-bond acceptors (Lipinski definition) is 20. The number of hydrogen-bond donors (Lipinski definition) is 4. The molecule has 0 spiro atoms. The Kier molecular flexibility index (Phi) is 16.7. The van der Waals surface area contributed by atoms with Gasteiger partial charge in [-0.2, -0.15) is 0 Å². The highest BCUT2D eigenvalue weighted by Crippen LogP contribution is 2.30. The Morgan fingerprint density at radius 3 is 1.18 bits per heavy atom. The van der Waals surface area contributed by atoms with Gasteiger partial charge in [0.25, 0.3) is 0 Å². The smallest absolute Gasteiger partial charge is 0.320 e. The second kappa shape index (κ2) is 26.1. The maximum atomic E-state index is 5.77. The van der Waals surface area contributed by atoms with Gasteiger partial charge >= 0.3 is 24.1 Å². The van der Waals surface area contributed by atoms with Crippen molar-refractivity contribution in [3.8, 4) is 45.8 Å². The van der Waals surface area contributed by atoms with Crippen LogP contribution in [0.1, 0.15) is 44.6 Å². The fourth-order valence-electron chi connectivity index (χ4n) is 9.40. The zero-order valence-electron chi connectivity index (χ0n) is 46.4. The van der Waals surface area contributed by atoms with Gasteiger partial charge in [0.15, 0.2) is 0 Å². The van der Waals surface area contributed by atoms with E-state index in [2.05, 4.69) is 82.0 Å². The molecule has 0 bridgehead atoms. The topological polar surface area (TPSA) is 255 Å². The fourth-order valence-corrected chi connectivity index (χ4v) is 9.40. The van der Waals surface area contributed by atoms with Crippen molar-refractivity contribution in [1.82, 2.24) is 60.7 Å². The van der Waals surface area contributed by atoms with Crippen molar-refractivity contribution in [2.75, 3.05) is 27.8 Å². The second-order valence-corrected chi connectivity index (χ2v) is 19.8. The number of fused-ring (bicyclic) bond motifs is 4. The third-order valence-electron chi connectivity index (χ3n) is 13.7. The van der Waals surface area contributed by atoms with Crippen molar-refractivity contribution in [3.05, 3.63) is 206 Å². The first-order valence-electron chi connectivity index (χ1n) is 27.8. The van der Waals surface area contributed by atoms with Gasteiger partial charge in [0.2, 0.25) is 23.6 Å². The monoisotopic (exact) mass is 1120 g/mol. The molecule has 20 heteroatoms. The number of aryl methyl sites for hydroxylation is 1. The number of aromatic nitrogens is 12. The molecule has 0 aliphatic heterocycles. The van der Waals surface area contributed by atoms with Crippen LogP contribution < -0.4 is 21.3 Å². The van der Waals surface area contributed by atoms with Crippen LogP contribution in [-0.4, -0.2) is 73.3 Å². The molecular formula is C65H56N16O4. The van der Waals surface area contributed by atoms with Gasteiger partial charge in [-0.05, 0) is 148 Å². The first kappa shape index (κ1) is 54.3. The Morgan fingerprint density at radius 2 is 0.753 bits per heavy atom. The molecular weight excluding hydrogens is 1070 g/mol. The predicted octanol–water partition coefficient (Wildman–Crippen LogP) is 15.1. The van der Waals surface area contributed by atoms with Crippen molar-refractivity contribution in [2.24, 2.45) is 0 Å². The van der Waals surface area contributed by atoms with Crippen molar-refractivity contribution in [3.63, 3.8) is 0 Å². The lowest BCUT2D eigenvalue weighted by atomic mass is 9.96. The minimum Gasteiger partial charge on any atom is -0.403 e. The molecule has 14 aromatic rings. The first-order valence-corrected chi connectivity index (χ1v) is 27.8. The molecule has 85 heavy (non-hydrogen) atoms. The number of rotatable bonds is 12. The van der Waals surface area contributed by atoms with E-state index in [0.717, 1.165) is 83.8 Å². The molecule has 0 atom stereocenters. The predicted molar refractivity (Wildman–Crippen MR) is 329 cm³/mol. The maximum absolute atomic E-state index is 5.77. The standard InChI is InChI=1S/C18H14N4O.C17H18N4O.C17H12N4O.C13H12N4O/c1-12-4-7-15(8-5-12)20-18-22-21-17(23-18)14-6-9-16-13(11-14)3-2-10-19-16;2*1-2-6-14(7-3-1)19-17-21-20-16(22-17)13-8-9-15-12(11-13)5-4-10-18-15;1-2-14-13-17-16-12(18-13)10-5-6-11-9(8-10)4-3-7-15-11/h2-11H,1H3,(H,20,22);4-5,8-11,14H,1-3,6-7H2,(H,19,21);1-11H,(H,19,21);3-8H,2H2,1H3,(H,14,17). The van der Waals surface area contributed by atoms with Gasteiger partial charge in [-0.3, -0.25) is 19.9 Å². The SMILES string of the molecule is CCNc1nnc(-c2ccc3ncccc3c2)o1.Cc1ccc(Nc2nnc(-c3ccc4ncccc4c3)o2)cc1.c1ccc(Nc2nnc(-c3ccc4ncccc4c3)o2)cc1.c1cnc2ccc(-c3nnc(NC4CCCCC4)o3)cc2c1. The van der Waals surface area contributed by atoms with E-state index in [1.54, 1.807) is 24.8 Å². The number of nitrogens with one attached hydrogen (secondary N) is 4. The van der Waals surface area contributed by atoms with E-state index in [4.69, 9.17) is 17.7 Å². The van der Waals surface area contributed by atoms with Crippen LogP contribution in [0, 0.1) is 6.92 Å². The molecule has 4 N–H and O–H groups in total. The highest BCUT2D eigenvalue weighted by molar-refractivity contribution is 5.85. The van der Waals surface area contributed by atoms with Crippen LogP contribution in [0.15, 0.2) is 218 Å². The molecule has 8 heterocycles. The first-order chi connectivity index (χ1) is 41.9. The van der Waals surface area contributed by atoms with E-state index in [9.17, 15) is 0 Å². The van der Waals surface area contributed by atoms with Crippen LogP contribution in [-0.2, 0) is 0 Å². The molecule has 1 aliphatic rings. The molecule has 15 rings (SSSR count). The van der Waals surface area contributed by atoms with Crippen LogP contribution >= 0.6 is 0 Å². The van der Waals surface area contributed by atoms with Gasteiger partial charge in [0.1, 0.15) is 0 Å².